The van der Waals surface area contributed by atoms with E-state index in [9.17, 15) is 9.59 Å². The van der Waals surface area contributed by atoms with Gasteiger partial charge in [-0.2, -0.15) is 0 Å². The van der Waals surface area contributed by atoms with E-state index < -0.39 is 11.7 Å². The van der Waals surface area contributed by atoms with Crippen LogP contribution in [0.1, 0.15) is 10.5 Å². The van der Waals surface area contributed by atoms with Gasteiger partial charge in [0.2, 0.25) is 0 Å². The van der Waals surface area contributed by atoms with Gasteiger partial charge in [0.15, 0.2) is 0 Å². The van der Waals surface area contributed by atoms with E-state index in [2.05, 4.69) is 26.2 Å². The predicted molar refractivity (Wildman–Crippen MR) is 65.8 cm³/mol. The molecule has 2 aromatic rings. The summed E-state index contributed by atoms with van der Waals surface area (Å²) in [6.07, 6.45) is 1.61. The minimum atomic E-state index is -0.554. The first kappa shape index (κ1) is 11.1. The first-order valence-corrected chi connectivity index (χ1v) is 6.08. The van der Waals surface area contributed by atoms with Crippen molar-refractivity contribution >= 4 is 44.6 Å². The van der Waals surface area contributed by atoms with Crippen molar-refractivity contribution in [1.29, 1.82) is 0 Å². The number of aromatic amines is 1. The van der Waals surface area contributed by atoms with Crippen LogP contribution in [0.25, 0.3) is 0 Å². The number of carbonyl (C=O) groups is 2. The molecule has 0 fully saturated rings. The van der Waals surface area contributed by atoms with E-state index in [0.29, 0.717) is 11.4 Å². The molecule has 0 radical (unpaired) electrons. The number of thiophene rings is 1. The van der Waals surface area contributed by atoms with Gasteiger partial charge in [0.05, 0.1) is 9.47 Å². The van der Waals surface area contributed by atoms with Crippen molar-refractivity contribution in [3.8, 4) is 0 Å². The van der Waals surface area contributed by atoms with Gasteiger partial charge in [0.1, 0.15) is 5.69 Å². The van der Waals surface area contributed by atoms with Gasteiger partial charge in [-0.15, -0.1) is 11.3 Å². The summed E-state index contributed by atoms with van der Waals surface area (Å²) in [6, 6.07) is 5.68. The average molecular weight is 299 g/mol. The molecule has 82 valence electrons. The number of nitrogens with one attached hydrogen (secondary N) is 2. The van der Waals surface area contributed by atoms with Gasteiger partial charge in [-0.1, -0.05) is 6.07 Å². The molecule has 0 aromatic carbocycles. The Balaban J connectivity index is 0.000000138. The highest BCUT2D eigenvalue weighted by Gasteiger charge is 2.28. The smallest absolute Gasteiger partial charge is 0.298 e. The monoisotopic (exact) mass is 298 g/mol. The Labute approximate surface area is 104 Å². The second kappa shape index (κ2) is 4.63. The number of fused-ring (bicyclic) bond motifs is 1. The van der Waals surface area contributed by atoms with Gasteiger partial charge in [-0.3, -0.25) is 9.59 Å². The van der Waals surface area contributed by atoms with Crippen LogP contribution in [-0.4, -0.2) is 16.7 Å². The quantitative estimate of drug-likeness (QED) is 0.735. The lowest BCUT2D eigenvalue weighted by Crippen LogP contribution is -2.13. The van der Waals surface area contributed by atoms with Crippen LogP contribution >= 0.6 is 27.3 Å². The summed E-state index contributed by atoms with van der Waals surface area (Å²) in [4.78, 5) is 24.1. The maximum absolute atomic E-state index is 10.8. The van der Waals surface area contributed by atoms with Crippen LogP contribution < -0.4 is 5.32 Å². The lowest BCUT2D eigenvalue weighted by Gasteiger charge is -1.83. The fourth-order valence-electron chi connectivity index (χ4n) is 1.21. The zero-order valence-corrected chi connectivity index (χ0v) is 10.4. The summed E-state index contributed by atoms with van der Waals surface area (Å²) < 4.78 is 1.20. The molecule has 3 rings (SSSR count). The van der Waals surface area contributed by atoms with Gasteiger partial charge in [0.25, 0.3) is 11.7 Å². The fraction of sp³-hybridized carbons (Fsp3) is 0. The van der Waals surface area contributed by atoms with Crippen molar-refractivity contribution in [2.45, 2.75) is 0 Å². The van der Waals surface area contributed by atoms with Crippen molar-refractivity contribution in [2.75, 3.05) is 5.32 Å². The zero-order chi connectivity index (χ0) is 11.5. The molecule has 1 amide bonds. The van der Waals surface area contributed by atoms with Gasteiger partial charge in [-0.05, 0) is 33.4 Å². The third kappa shape index (κ3) is 2.23. The molecule has 1 aliphatic rings. The summed E-state index contributed by atoms with van der Waals surface area (Å²) in [5.74, 6) is -1.04. The maximum atomic E-state index is 10.8. The Morgan fingerprint density at radius 2 is 2.06 bits per heavy atom. The molecule has 4 nitrogen and oxygen atoms in total. The molecule has 16 heavy (non-hydrogen) atoms. The van der Waals surface area contributed by atoms with Crippen LogP contribution in [0.5, 0.6) is 0 Å². The Kier molecular flexibility index (Phi) is 3.21. The second-order valence-corrected chi connectivity index (χ2v) is 5.29. The second-order valence-electron chi connectivity index (χ2n) is 2.97. The number of Topliss-reactive ketones (excluding diaryl/α,β-unsaturated/α-hetero) is 1. The third-order valence-electron chi connectivity index (χ3n) is 1.91. The molecule has 0 unspecified atom stereocenters. The predicted octanol–water partition coefficient (Wildman–Crippen LogP) is 2.66. The number of hydrogen-bond donors (Lipinski definition) is 2. The van der Waals surface area contributed by atoms with E-state index in [1.165, 1.54) is 3.79 Å². The molecule has 2 aromatic heterocycles. The van der Waals surface area contributed by atoms with Gasteiger partial charge >= 0.3 is 0 Å². The van der Waals surface area contributed by atoms with Crippen LogP contribution in [-0.2, 0) is 4.79 Å². The van der Waals surface area contributed by atoms with Crippen molar-refractivity contribution in [3.05, 3.63) is 39.3 Å². The highest BCUT2D eigenvalue weighted by atomic mass is 79.9. The largest absolute Gasteiger partial charge is 0.357 e. The number of rotatable bonds is 0. The lowest BCUT2D eigenvalue weighted by molar-refractivity contribution is -0.112. The van der Waals surface area contributed by atoms with Crippen molar-refractivity contribution in [1.82, 2.24) is 4.98 Å². The highest BCUT2D eigenvalue weighted by molar-refractivity contribution is 9.11. The topological polar surface area (TPSA) is 62.0 Å². The molecule has 0 aliphatic carbocycles. The summed E-state index contributed by atoms with van der Waals surface area (Å²) in [5, 5.41) is 4.44. The number of amides is 1. The van der Waals surface area contributed by atoms with Crippen LogP contribution in [0.15, 0.2) is 33.6 Å². The Morgan fingerprint density at radius 3 is 2.56 bits per heavy atom. The molecular formula is C10H7BrN2O2S. The molecule has 0 saturated heterocycles. The molecule has 0 saturated carbocycles. The van der Waals surface area contributed by atoms with Gasteiger partial charge < -0.3 is 10.3 Å². The Morgan fingerprint density at radius 1 is 1.25 bits per heavy atom. The standard InChI is InChI=1S/C6H4N2O2.C4H3BrS/c9-5-4-3(1-2-7-4)8-6(5)10;5-4-2-1-3-6-4/h1-2,7H,(H,8,9,10);1-3H. The number of aromatic nitrogens is 1. The summed E-state index contributed by atoms with van der Waals surface area (Å²) in [6.45, 7) is 0. The minimum Gasteiger partial charge on any atom is -0.357 e. The molecule has 0 atom stereocenters. The van der Waals surface area contributed by atoms with Crippen LogP contribution in [0.2, 0.25) is 0 Å². The van der Waals surface area contributed by atoms with Crippen LogP contribution in [0.4, 0.5) is 5.69 Å². The first-order valence-electron chi connectivity index (χ1n) is 4.40. The molecular weight excluding hydrogens is 292 g/mol. The first-order chi connectivity index (χ1) is 7.68. The van der Waals surface area contributed by atoms with Gasteiger partial charge in [-0.25, -0.2) is 0 Å². The molecule has 3 heterocycles. The van der Waals surface area contributed by atoms with Gasteiger partial charge in [0, 0.05) is 6.20 Å². The fourth-order valence-corrected chi connectivity index (χ4v) is 2.13. The summed E-state index contributed by atoms with van der Waals surface area (Å²) >= 11 is 4.99. The highest BCUT2D eigenvalue weighted by Crippen LogP contribution is 2.19. The number of carbonyl (C=O) groups excluding carboxylic acids is 2. The van der Waals surface area contributed by atoms with E-state index in [4.69, 9.17) is 0 Å². The van der Waals surface area contributed by atoms with E-state index in [1.807, 2.05) is 17.5 Å². The SMILES string of the molecule is Brc1cccs1.O=C1Nc2cc[nH]c2C1=O. The molecule has 0 bridgehead atoms. The molecule has 0 spiro atoms. The van der Waals surface area contributed by atoms with E-state index in [0.717, 1.165) is 0 Å². The Hall–Kier alpha value is -1.40. The zero-order valence-electron chi connectivity index (χ0n) is 7.99. The van der Waals surface area contributed by atoms with E-state index in [1.54, 1.807) is 23.6 Å². The maximum Gasteiger partial charge on any atom is 0.298 e. The van der Waals surface area contributed by atoms with E-state index >= 15 is 0 Å². The summed E-state index contributed by atoms with van der Waals surface area (Å²) in [7, 11) is 0. The molecule has 1 aliphatic heterocycles. The number of ketones is 1. The van der Waals surface area contributed by atoms with Crippen molar-refractivity contribution < 1.29 is 9.59 Å². The van der Waals surface area contributed by atoms with Crippen molar-refractivity contribution in [2.24, 2.45) is 0 Å². The minimum absolute atomic E-state index is 0.366. The lowest BCUT2D eigenvalue weighted by atomic mass is 10.3. The number of halogens is 1. The number of anilines is 1. The summed E-state index contributed by atoms with van der Waals surface area (Å²) in [5.41, 5.74) is 0.944. The number of H-pyrrole nitrogens is 1. The Bertz CT molecular complexity index is 519. The van der Waals surface area contributed by atoms with Crippen LogP contribution in [0.3, 0.4) is 0 Å². The van der Waals surface area contributed by atoms with Crippen LogP contribution in [0, 0.1) is 0 Å². The average Bonchev–Trinajstić information content (AvgIpc) is 2.92. The normalized spacial score (nSPS) is 12.8. The number of hydrogen-bond acceptors (Lipinski definition) is 3. The molecule has 2 N–H and O–H groups in total. The molecule has 6 heteroatoms. The van der Waals surface area contributed by atoms with E-state index in [-0.39, 0.29) is 0 Å². The third-order valence-corrected chi connectivity index (χ3v) is 3.39. The van der Waals surface area contributed by atoms with Crippen molar-refractivity contribution in [3.63, 3.8) is 0 Å².